The molecule has 9 nitrogen and oxygen atoms in total. The summed E-state index contributed by atoms with van der Waals surface area (Å²) in [4.78, 5) is 35.1. The van der Waals surface area contributed by atoms with Crippen molar-refractivity contribution in [2.45, 2.75) is 290 Å². The first-order valence-electron chi connectivity index (χ1n) is 28.5. The second kappa shape index (κ2) is 53.6. The van der Waals surface area contributed by atoms with Gasteiger partial charge in [0.05, 0.1) is 13.2 Å². The molecule has 0 radical (unpaired) electrons. The average molecular weight is 966 g/mol. The van der Waals surface area contributed by atoms with Gasteiger partial charge in [-0.2, -0.15) is 0 Å². The highest BCUT2D eigenvalue weighted by Crippen LogP contribution is 2.43. The largest absolute Gasteiger partial charge is 0.472 e. The maximum absolute atomic E-state index is 12.7. The summed E-state index contributed by atoms with van der Waals surface area (Å²) >= 11 is 0. The van der Waals surface area contributed by atoms with Crippen molar-refractivity contribution in [2.24, 2.45) is 5.73 Å². The van der Waals surface area contributed by atoms with Crippen LogP contribution in [0.1, 0.15) is 284 Å². The van der Waals surface area contributed by atoms with Crippen LogP contribution < -0.4 is 5.73 Å². The van der Waals surface area contributed by atoms with Gasteiger partial charge in [-0.3, -0.25) is 18.6 Å². The molecule has 0 aliphatic rings. The van der Waals surface area contributed by atoms with E-state index >= 15 is 0 Å². The summed E-state index contributed by atoms with van der Waals surface area (Å²) in [6, 6.07) is 0. The van der Waals surface area contributed by atoms with Gasteiger partial charge in [0.15, 0.2) is 6.10 Å². The van der Waals surface area contributed by atoms with E-state index in [1.54, 1.807) is 0 Å². The van der Waals surface area contributed by atoms with Crippen molar-refractivity contribution >= 4 is 19.8 Å². The molecule has 0 amide bonds. The number of unbranched alkanes of at least 4 members (excludes halogenated alkanes) is 35. The normalized spacial score (nSPS) is 13.3. The fraction of sp³-hybridized carbons (Fsp3) is 0.860. The van der Waals surface area contributed by atoms with Crippen LogP contribution in [-0.2, 0) is 32.7 Å². The molecule has 0 bridgehead atoms. The highest BCUT2D eigenvalue weighted by atomic mass is 31.2. The van der Waals surface area contributed by atoms with Gasteiger partial charge in [0.2, 0.25) is 0 Å². The SMILES string of the molecule is CC/C=C\C/C=C\C/C=C\CCCCCCCCCC(=O)OC(COC(=O)CCCCCCCCCCCCCCCCCCCCCCCCCCCCCCC)COP(=O)(O)OCCN. The number of nitrogens with two attached hydrogens (primary N) is 1. The van der Waals surface area contributed by atoms with Crippen LogP contribution in [-0.4, -0.2) is 49.3 Å². The summed E-state index contributed by atoms with van der Waals surface area (Å²) in [5.41, 5.74) is 5.37. The lowest BCUT2D eigenvalue weighted by atomic mass is 10.0. The van der Waals surface area contributed by atoms with Gasteiger partial charge in [-0.15, -0.1) is 0 Å². The minimum absolute atomic E-state index is 0.0524. The number of allylic oxidation sites excluding steroid dienone is 6. The molecule has 394 valence electrons. The predicted molar refractivity (Wildman–Crippen MR) is 284 cm³/mol. The van der Waals surface area contributed by atoms with Crippen LogP contribution in [0.5, 0.6) is 0 Å². The van der Waals surface area contributed by atoms with Crippen molar-refractivity contribution < 1.29 is 37.6 Å². The van der Waals surface area contributed by atoms with E-state index in [1.807, 2.05) is 0 Å². The summed E-state index contributed by atoms with van der Waals surface area (Å²) in [5.74, 6) is -0.827. The maximum atomic E-state index is 12.7. The van der Waals surface area contributed by atoms with E-state index in [0.29, 0.717) is 6.42 Å². The first kappa shape index (κ1) is 65.2. The number of phosphoric ester groups is 1. The van der Waals surface area contributed by atoms with Gasteiger partial charge < -0.3 is 20.1 Å². The summed E-state index contributed by atoms with van der Waals surface area (Å²) in [6.45, 7) is 3.66. The van der Waals surface area contributed by atoms with E-state index in [2.05, 4.69) is 50.3 Å². The Bertz CT molecular complexity index is 1190. The minimum atomic E-state index is -4.39. The predicted octanol–water partition coefficient (Wildman–Crippen LogP) is 17.6. The highest BCUT2D eigenvalue weighted by Gasteiger charge is 2.26. The number of phosphoric acid groups is 1. The molecule has 3 N–H and O–H groups in total. The molecular formula is C57H108NO8P. The number of carbonyl (C=O) groups excluding carboxylic acids is 2. The van der Waals surface area contributed by atoms with Crippen molar-refractivity contribution in [1.82, 2.24) is 0 Å². The lowest BCUT2D eigenvalue weighted by molar-refractivity contribution is -0.161. The van der Waals surface area contributed by atoms with Crippen molar-refractivity contribution in [1.29, 1.82) is 0 Å². The average Bonchev–Trinajstić information content (AvgIpc) is 3.32. The van der Waals surface area contributed by atoms with Crippen molar-refractivity contribution in [3.05, 3.63) is 36.5 Å². The summed E-state index contributed by atoms with van der Waals surface area (Å²) in [5, 5.41) is 0. The van der Waals surface area contributed by atoms with Gasteiger partial charge in [0, 0.05) is 19.4 Å². The van der Waals surface area contributed by atoms with Gasteiger partial charge in [0.25, 0.3) is 0 Å². The Morgan fingerprint density at radius 1 is 0.463 bits per heavy atom. The van der Waals surface area contributed by atoms with E-state index in [-0.39, 0.29) is 38.6 Å². The molecule has 0 aromatic carbocycles. The molecule has 2 unspecified atom stereocenters. The summed E-state index contributed by atoms with van der Waals surface area (Å²) in [7, 11) is -4.39. The minimum Gasteiger partial charge on any atom is -0.462 e. The summed E-state index contributed by atoms with van der Waals surface area (Å²) in [6.07, 6.45) is 63.6. The molecule has 0 spiro atoms. The van der Waals surface area contributed by atoms with E-state index in [0.717, 1.165) is 64.2 Å². The number of esters is 2. The van der Waals surface area contributed by atoms with Crippen molar-refractivity contribution in [3.63, 3.8) is 0 Å². The van der Waals surface area contributed by atoms with Crippen LogP contribution in [0.2, 0.25) is 0 Å². The number of hydrogen-bond acceptors (Lipinski definition) is 8. The Labute approximate surface area is 414 Å². The lowest BCUT2D eigenvalue weighted by Crippen LogP contribution is -2.29. The van der Waals surface area contributed by atoms with Crippen molar-refractivity contribution in [3.8, 4) is 0 Å². The molecular weight excluding hydrogens is 858 g/mol. The van der Waals surface area contributed by atoms with Crippen LogP contribution in [0.25, 0.3) is 0 Å². The molecule has 0 rings (SSSR count). The highest BCUT2D eigenvalue weighted by molar-refractivity contribution is 7.47. The maximum Gasteiger partial charge on any atom is 0.472 e. The Hall–Kier alpha value is -1.77. The Morgan fingerprint density at radius 3 is 1.22 bits per heavy atom. The van der Waals surface area contributed by atoms with E-state index in [1.165, 1.54) is 186 Å². The Morgan fingerprint density at radius 2 is 0.821 bits per heavy atom. The molecule has 0 fully saturated rings. The molecule has 0 aromatic heterocycles. The quantitative estimate of drug-likeness (QED) is 0.0264. The first-order valence-corrected chi connectivity index (χ1v) is 30.0. The zero-order valence-electron chi connectivity index (χ0n) is 43.9. The standard InChI is InChI=1S/C57H108NO8P/c1-3-5-7-9-11-13-15-17-19-21-22-23-24-25-26-27-28-29-30-31-32-34-35-37-39-41-43-45-47-49-56(59)63-53-55(54-65-67(61,62)64-52-51-58)66-57(60)50-48-46-44-42-40-38-36-33-20-18-16-14-12-10-8-6-4-2/h6,8,12,14,18,20,55H,3-5,7,9-11,13,15-17,19,21-54,58H2,1-2H3,(H,61,62)/b8-6-,14-12-,20-18-. The zero-order valence-corrected chi connectivity index (χ0v) is 44.8. The number of ether oxygens (including phenoxy) is 2. The third-order valence-corrected chi connectivity index (χ3v) is 13.5. The molecule has 0 aliphatic heterocycles. The van der Waals surface area contributed by atoms with Gasteiger partial charge in [-0.1, -0.05) is 262 Å². The number of rotatable bonds is 54. The fourth-order valence-electron chi connectivity index (χ4n) is 8.36. The van der Waals surface area contributed by atoms with Crippen molar-refractivity contribution in [2.75, 3.05) is 26.4 Å². The molecule has 10 heteroatoms. The van der Waals surface area contributed by atoms with E-state index < -0.39 is 26.5 Å². The first-order chi connectivity index (χ1) is 32.8. The molecule has 0 aromatic rings. The van der Waals surface area contributed by atoms with E-state index in [9.17, 15) is 19.0 Å². The zero-order chi connectivity index (χ0) is 48.8. The monoisotopic (exact) mass is 966 g/mol. The molecule has 2 atom stereocenters. The van der Waals surface area contributed by atoms with Crippen LogP contribution in [0.4, 0.5) is 0 Å². The number of hydrogen-bond donors (Lipinski definition) is 2. The van der Waals surface area contributed by atoms with Gasteiger partial charge in [-0.05, 0) is 44.9 Å². The molecule has 0 saturated carbocycles. The van der Waals surface area contributed by atoms with Crippen LogP contribution in [0.3, 0.4) is 0 Å². The molecule has 0 aliphatic carbocycles. The third-order valence-electron chi connectivity index (χ3n) is 12.5. The summed E-state index contributed by atoms with van der Waals surface area (Å²) < 4.78 is 33.0. The van der Waals surface area contributed by atoms with E-state index in [4.69, 9.17) is 24.3 Å². The Kier molecular flexibility index (Phi) is 52.2. The molecule has 0 heterocycles. The van der Waals surface area contributed by atoms with Gasteiger partial charge in [0.1, 0.15) is 6.61 Å². The second-order valence-corrected chi connectivity index (χ2v) is 20.6. The Balaban J connectivity index is 3.88. The second-order valence-electron chi connectivity index (χ2n) is 19.1. The lowest BCUT2D eigenvalue weighted by Gasteiger charge is -2.19. The molecule has 0 saturated heterocycles. The topological polar surface area (TPSA) is 134 Å². The van der Waals surface area contributed by atoms with Crippen LogP contribution in [0, 0.1) is 0 Å². The fourth-order valence-corrected chi connectivity index (χ4v) is 9.12. The van der Waals surface area contributed by atoms with Crippen LogP contribution in [0.15, 0.2) is 36.5 Å². The molecule has 67 heavy (non-hydrogen) atoms. The number of carbonyl (C=O) groups is 2. The van der Waals surface area contributed by atoms with Gasteiger partial charge in [-0.25, -0.2) is 4.57 Å². The third kappa shape index (κ3) is 53.4. The van der Waals surface area contributed by atoms with Gasteiger partial charge >= 0.3 is 19.8 Å². The smallest absolute Gasteiger partial charge is 0.462 e. The van der Waals surface area contributed by atoms with Crippen LogP contribution >= 0.6 is 7.82 Å².